The molecule has 0 radical (unpaired) electrons. The van der Waals surface area contributed by atoms with Crippen LogP contribution in [-0.2, 0) is 10.8 Å². The number of hydrogen-bond donors (Lipinski definition) is 0. The second kappa shape index (κ2) is 10.3. The van der Waals surface area contributed by atoms with Gasteiger partial charge in [-0.25, -0.2) is 4.98 Å². The first-order chi connectivity index (χ1) is 24.1. The second-order valence-corrected chi connectivity index (χ2v) is 13.9. The van der Waals surface area contributed by atoms with E-state index in [1.165, 1.54) is 55.6 Å². The molecule has 0 aliphatic heterocycles. The molecular formula is C47H34N2. The summed E-state index contributed by atoms with van der Waals surface area (Å²) >= 11 is 0. The van der Waals surface area contributed by atoms with Crippen LogP contribution in [0.3, 0.4) is 0 Å². The molecule has 2 heteroatoms. The van der Waals surface area contributed by atoms with Gasteiger partial charge in [-0.2, -0.15) is 0 Å². The van der Waals surface area contributed by atoms with Gasteiger partial charge in [-0.1, -0.05) is 153 Å². The maximum atomic E-state index is 5.28. The van der Waals surface area contributed by atoms with Crippen molar-refractivity contribution in [1.29, 1.82) is 0 Å². The summed E-state index contributed by atoms with van der Waals surface area (Å²) in [5, 5.41) is 0. The van der Waals surface area contributed by atoms with Crippen LogP contribution in [0.15, 0.2) is 170 Å². The molecule has 1 atom stereocenters. The molecule has 1 unspecified atom stereocenters. The lowest BCUT2D eigenvalue weighted by molar-refractivity contribution is 0.655. The predicted octanol–water partition coefficient (Wildman–Crippen LogP) is 11.4. The average Bonchev–Trinajstić information content (AvgIpc) is 3.77. The Balaban J connectivity index is 1.28. The first-order valence-corrected chi connectivity index (χ1v) is 17.1. The number of hydrogen-bond acceptors (Lipinski definition) is 1. The third kappa shape index (κ3) is 3.80. The van der Waals surface area contributed by atoms with E-state index in [2.05, 4.69) is 188 Å². The van der Waals surface area contributed by atoms with Crippen molar-refractivity contribution in [2.24, 2.45) is 0 Å². The van der Waals surface area contributed by atoms with Gasteiger partial charge in [0.05, 0.1) is 16.4 Å². The Morgan fingerprint density at radius 2 is 1.04 bits per heavy atom. The SMILES string of the molecule is CC1(C)c2ccccc2-c2ccc(C3(c4ccccc4)c4ccccc4-c4ccc(-c5nc6ccccc6n5-c5ccccc5)cc43)cc21. The number of rotatable bonds is 4. The van der Waals surface area contributed by atoms with Crippen molar-refractivity contribution in [1.82, 2.24) is 9.55 Å². The van der Waals surface area contributed by atoms with E-state index in [9.17, 15) is 0 Å². The van der Waals surface area contributed by atoms with Crippen molar-refractivity contribution >= 4 is 11.0 Å². The number of nitrogens with zero attached hydrogens (tertiary/aromatic N) is 2. The largest absolute Gasteiger partial charge is 0.292 e. The molecule has 0 saturated carbocycles. The Morgan fingerprint density at radius 1 is 0.449 bits per heavy atom. The van der Waals surface area contributed by atoms with Crippen LogP contribution in [0.5, 0.6) is 0 Å². The van der Waals surface area contributed by atoms with Gasteiger partial charge >= 0.3 is 0 Å². The molecule has 232 valence electrons. The van der Waals surface area contributed by atoms with Crippen LogP contribution in [-0.4, -0.2) is 9.55 Å². The summed E-state index contributed by atoms with van der Waals surface area (Å²) in [4.78, 5) is 5.28. The summed E-state index contributed by atoms with van der Waals surface area (Å²) in [6.45, 7) is 4.75. The predicted molar refractivity (Wildman–Crippen MR) is 201 cm³/mol. The van der Waals surface area contributed by atoms with Gasteiger partial charge in [0.2, 0.25) is 0 Å². The summed E-state index contributed by atoms with van der Waals surface area (Å²) in [7, 11) is 0. The Morgan fingerprint density at radius 3 is 1.84 bits per heavy atom. The van der Waals surface area contributed by atoms with Crippen LogP contribution < -0.4 is 0 Å². The molecule has 0 spiro atoms. The van der Waals surface area contributed by atoms with Crippen LogP contribution >= 0.6 is 0 Å². The van der Waals surface area contributed by atoms with Crippen molar-refractivity contribution in [2.75, 3.05) is 0 Å². The zero-order valence-electron chi connectivity index (χ0n) is 27.6. The van der Waals surface area contributed by atoms with E-state index in [-0.39, 0.29) is 5.41 Å². The van der Waals surface area contributed by atoms with Crippen molar-refractivity contribution in [2.45, 2.75) is 24.7 Å². The molecule has 0 bridgehead atoms. The molecule has 2 aliphatic rings. The van der Waals surface area contributed by atoms with Gasteiger partial charge in [0, 0.05) is 16.7 Å². The molecular weight excluding hydrogens is 593 g/mol. The lowest BCUT2D eigenvalue weighted by Gasteiger charge is -2.35. The molecule has 49 heavy (non-hydrogen) atoms. The fraction of sp³-hybridized carbons (Fsp3) is 0.0851. The van der Waals surface area contributed by atoms with Crippen LogP contribution in [0.2, 0.25) is 0 Å². The minimum atomic E-state index is -0.521. The minimum Gasteiger partial charge on any atom is -0.292 e. The Bertz CT molecular complexity index is 2570. The van der Waals surface area contributed by atoms with Crippen LogP contribution in [0.25, 0.3) is 50.4 Å². The van der Waals surface area contributed by atoms with Crippen LogP contribution in [0, 0.1) is 0 Å². The van der Waals surface area contributed by atoms with Gasteiger partial charge in [-0.05, 0) is 86.0 Å². The van der Waals surface area contributed by atoms with Crippen molar-refractivity contribution in [3.63, 3.8) is 0 Å². The lowest BCUT2D eigenvalue weighted by Crippen LogP contribution is -2.29. The highest BCUT2D eigenvalue weighted by molar-refractivity contribution is 5.90. The van der Waals surface area contributed by atoms with Gasteiger partial charge in [0.15, 0.2) is 0 Å². The number of benzene rings is 7. The summed E-state index contributed by atoms with van der Waals surface area (Å²) in [6, 6.07) is 62.4. The molecule has 7 aromatic carbocycles. The van der Waals surface area contributed by atoms with Gasteiger partial charge in [-0.15, -0.1) is 0 Å². The van der Waals surface area contributed by atoms with E-state index in [0.717, 1.165) is 28.1 Å². The highest BCUT2D eigenvalue weighted by atomic mass is 15.1. The molecule has 0 fully saturated rings. The smallest absolute Gasteiger partial charge is 0.145 e. The van der Waals surface area contributed by atoms with E-state index >= 15 is 0 Å². The van der Waals surface area contributed by atoms with E-state index in [0.29, 0.717) is 0 Å². The van der Waals surface area contributed by atoms with Crippen molar-refractivity contribution in [3.8, 4) is 39.3 Å². The van der Waals surface area contributed by atoms with E-state index in [1.54, 1.807) is 0 Å². The fourth-order valence-electron chi connectivity index (χ4n) is 8.89. The molecule has 2 aliphatic carbocycles. The molecule has 10 rings (SSSR count). The van der Waals surface area contributed by atoms with Gasteiger partial charge in [0.25, 0.3) is 0 Å². The maximum Gasteiger partial charge on any atom is 0.145 e. The lowest BCUT2D eigenvalue weighted by atomic mass is 9.66. The topological polar surface area (TPSA) is 17.8 Å². The van der Waals surface area contributed by atoms with E-state index in [1.807, 2.05) is 0 Å². The van der Waals surface area contributed by atoms with Crippen LogP contribution in [0.4, 0.5) is 0 Å². The maximum absolute atomic E-state index is 5.28. The third-order valence-electron chi connectivity index (χ3n) is 11.1. The zero-order valence-corrected chi connectivity index (χ0v) is 27.6. The van der Waals surface area contributed by atoms with E-state index in [4.69, 9.17) is 4.98 Å². The molecule has 0 saturated heterocycles. The third-order valence-corrected chi connectivity index (χ3v) is 11.1. The number of imidazole rings is 1. The Labute approximate surface area is 287 Å². The van der Waals surface area contributed by atoms with Crippen molar-refractivity contribution < 1.29 is 0 Å². The van der Waals surface area contributed by atoms with Crippen LogP contribution in [0.1, 0.15) is 47.2 Å². The highest BCUT2D eigenvalue weighted by Crippen LogP contribution is 2.58. The van der Waals surface area contributed by atoms with E-state index < -0.39 is 5.41 Å². The molecule has 0 amide bonds. The van der Waals surface area contributed by atoms with Gasteiger partial charge in [0.1, 0.15) is 5.82 Å². The fourth-order valence-corrected chi connectivity index (χ4v) is 8.89. The standard InChI is InChI=1S/C47H34N2/c1-46(2)39-21-11-9-19-35(39)37-28-26-33(30-41(37)46)47(32-15-5-3-6-16-32)40-22-12-10-20-36(40)38-27-25-31(29-42(38)47)45-48-43-23-13-14-24-44(43)49(45)34-17-7-4-8-18-34/h3-30H,1-2H3. The summed E-state index contributed by atoms with van der Waals surface area (Å²) in [6.07, 6.45) is 0. The van der Waals surface area contributed by atoms with Gasteiger partial charge < -0.3 is 0 Å². The average molecular weight is 627 g/mol. The van der Waals surface area contributed by atoms with Crippen molar-refractivity contribution in [3.05, 3.63) is 203 Å². The zero-order chi connectivity index (χ0) is 32.7. The number of fused-ring (bicyclic) bond motifs is 7. The van der Waals surface area contributed by atoms with Gasteiger partial charge in [-0.3, -0.25) is 4.57 Å². The summed E-state index contributed by atoms with van der Waals surface area (Å²) in [5.41, 5.74) is 16.8. The summed E-state index contributed by atoms with van der Waals surface area (Å²) < 4.78 is 2.30. The Hall–Kier alpha value is -5.99. The highest BCUT2D eigenvalue weighted by Gasteiger charge is 2.47. The quantitative estimate of drug-likeness (QED) is 0.190. The molecule has 0 N–H and O–H groups in total. The first kappa shape index (κ1) is 28.1. The molecule has 8 aromatic rings. The normalized spacial score (nSPS) is 16.6. The summed E-state index contributed by atoms with van der Waals surface area (Å²) in [5.74, 6) is 0.943. The second-order valence-electron chi connectivity index (χ2n) is 13.9. The molecule has 2 nitrogen and oxygen atoms in total. The number of para-hydroxylation sites is 3. The molecule has 1 heterocycles. The monoisotopic (exact) mass is 626 g/mol. The number of aromatic nitrogens is 2. The minimum absolute atomic E-state index is 0.108. The molecule has 1 aromatic heterocycles. The Kier molecular flexibility index (Phi) is 5.87. The first-order valence-electron chi connectivity index (χ1n) is 17.1.